The van der Waals surface area contributed by atoms with Crippen LogP contribution in [-0.4, -0.2) is 28.4 Å². The van der Waals surface area contributed by atoms with Gasteiger partial charge in [-0.15, -0.1) is 0 Å². The van der Waals surface area contributed by atoms with Gasteiger partial charge in [-0.1, -0.05) is 6.92 Å². The molecule has 0 unspecified atom stereocenters. The van der Waals surface area contributed by atoms with E-state index < -0.39 is 0 Å². The van der Waals surface area contributed by atoms with Crippen molar-refractivity contribution in [2.75, 3.05) is 18.0 Å². The number of hydrogen-bond acceptors (Lipinski definition) is 4. The molecule has 0 amide bonds. The van der Waals surface area contributed by atoms with Crippen molar-refractivity contribution in [3.8, 4) is 0 Å². The minimum absolute atomic E-state index is 0.0226. The number of nitrogens with zero attached hydrogens (tertiary/aromatic N) is 3. The van der Waals surface area contributed by atoms with Crippen LogP contribution in [0, 0.1) is 5.92 Å². The standard InChI is InChI=1S/C14H21N3O2/c1-3-7-17-10-6-15-13(14(17)19)16-8-4-12(5-9-16)11(2)18/h6,10,12H,3-5,7-9H2,1-2H3. The molecule has 2 heterocycles. The average molecular weight is 263 g/mol. The second-order valence-electron chi connectivity index (χ2n) is 5.12. The highest BCUT2D eigenvalue weighted by Crippen LogP contribution is 2.20. The van der Waals surface area contributed by atoms with Gasteiger partial charge in [0.05, 0.1) is 0 Å². The average Bonchev–Trinajstić information content (AvgIpc) is 2.41. The first-order valence-electron chi connectivity index (χ1n) is 6.94. The van der Waals surface area contributed by atoms with E-state index in [0.29, 0.717) is 5.82 Å². The summed E-state index contributed by atoms with van der Waals surface area (Å²) in [5.74, 6) is 0.930. The van der Waals surface area contributed by atoms with E-state index in [1.807, 2.05) is 11.8 Å². The van der Waals surface area contributed by atoms with E-state index in [-0.39, 0.29) is 17.3 Å². The van der Waals surface area contributed by atoms with Crippen molar-refractivity contribution in [1.29, 1.82) is 0 Å². The Balaban J connectivity index is 2.13. The molecule has 1 aliphatic rings. The monoisotopic (exact) mass is 263 g/mol. The first kappa shape index (κ1) is 13.8. The number of carbonyl (C=O) groups excluding carboxylic acids is 1. The van der Waals surface area contributed by atoms with Crippen LogP contribution >= 0.6 is 0 Å². The molecule has 1 fully saturated rings. The Morgan fingerprint density at radius 2 is 2.11 bits per heavy atom. The van der Waals surface area contributed by atoms with Gasteiger partial charge in [0.2, 0.25) is 0 Å². The Hall–Kier alpha value is -1.65. The van der Waals surface area contributed by atoms with Crippen LogP contribution in [-0.2, 0) is 11.3 Å². The lowest BCUT2D eigenvalue weighted by atomic mass is 9.93. The molecule has 1 aromatic heterocycles. The van der Waals surface area contributed by atoms with Gasteiger partial charge in [-0.3, -0.25) is 9.59 Å². The van der Waals surface area contributed by atoms with Gasteiger partial charge in [-0.05, 0) is 26.2 Å². The molecule has 0 saturated carbocycles. The van der Waals surface area contributed by atoms with Crippen molar-refractivity contribution in [3.05, 3.63) is 22.7 Å². The molecule has 0 spiro atoms. The fourth-order valence-electron chi connectivity index (χ4n) is 2.57. The molecule has 1 saturated heterocycles. The fraction of sp³-hybridized carbons (Fsp3) is 0.643. The van der Waals surface area contributed by atoms with Gasteiger partial charge in [0.1, 0.15) is 5.78 Å². The molecule has 1 aliphatic heterocycles. The number of rotatable bonds is 4. The summed E-state index contributed by atoms with van der Waals surface area (Å²) in [5, 5.41) is 0. The topological polar surface area (TPSA) is 55.2 Å². The Morgan fingerprint density at radius 1 is 1.42 bits per heavy atom. The SMILES string of the molecule is CCCn1ccnc(N2CCC(C(C)=O)CC2)c1=O. The molecule has 19 heavy (non-hydrogen) atoms. The van der Waals surface area contributed by atoms with Gasteiger partial charge in [0, 0.05) is 37.9 Å². The van der Waals surface area contributed by atoms with Crippen LogP contribution in [0.4, 0.5) is 5.82 Å². The number of aryl methyl sites for hydroxylation is 1. The van der Waals surface area contributed by atoms with Gasteiger partial charge >= 0.3 is 0 Å². The second-order valence-corrected chi connectivity index (χ2v) is 5.12. The summed E-state index contributed by atoms with van der Waals surface area (Å²) >= 11 is 0. The molecule has 0 atom stereocenters. The Bertz CT molecular complexity index is 502. The fourth-order valence-corrected chi connectivity index (χ4v) is 2.57. The van der Waals surface area contributed by atoms with Crippen LogP contribution in [0.1, 0.15) is 33.1 Å². The van der Waals surface area contributed by atoms with Crippen LogP contribution in [0.25, 0.3) is 0 Å². The van der Waals surface area contributed by atoms with E-state index in [9.17, 15) is 9.59 Å². The number of ketones is 1. The van der Waals surface area contributed by atoms with Crippen LogP contribution in [0.15, 0.2) is 17.2 Å². The predicted molar refractivity (Wildman–Crippen MR) is 74.4 cm³/mol. The zero-order chi connectivity index (χ0) is 13.8. The summed E-state index contributed by atoms with van der Waals surface area (Å²) < 4.78 is 1.71. The third-order valence-electron chi connectivity index (χ3n) is 3.73. The maximum Gasteiger partial charge on any atom is 0.293 e. The molecule has 0 aliphatic carbocycles. The normalized spacial score (nSPS) is 16.6. The molecule has 104 valence electrons. The summed E-state index contributed by atoms with van der Waals surface area (Å²) in [7, 11) is 0. The zero-order valence-corrected chi connectivity index (χ0v) is 11.6. The van der Waals surface area contributed by atoms with E-state index >= 15 is 0 Å². The molecule has 5 nitrogen and oxygen atoms in total. The van der Waals surface area contributed by atoms with E-state index in [1.165, 1.54) is 0 Å². The molecule has 0 bridgehead atoms. The minimum atomic E-state index is -0.0226. The van der Waals surface area contributed by atoms with Crippen molar-refractivity contribution in [3.63, 3.8) is 0 Å². The number of aromatic nitrogens is 2. The van der Waals surface area contributed by atoms with Gasteiger partial charge in [-0.2, -0.15) is 0 Å². The van der Waals surface area contributed by atoms with Crippen molar-refractivity contribution in [1.82, 2.24) is 9.55 Å². The molecule has 2 rings (SSSR count). The van der Waals surface area contributed by atoms with Crippen molar-refractivity contribution in [2.45, 2.75) is 39.7 Å². The molecular weight excluding hydrogens is 242 g/mol. The maximum atomic E-state index is 12.3. The summed E-state index contributed by atoms with van der Waals surface area (Å²) in [6.07, 6.45) is 5.98. The van der Waals surface area contributed by atoms with Crippen molar-refractivity contribution in [2.24, 2.45) is 5.92 Å². The Labute approximate surface area is 113 Å². The molecule has 0 aromatic carbocycles. The number of carbonyl (C=O) groups is 1. The summed E-state index contributed by atoms with van der Waals surface area (Å²) in [6.45, 7) is 5.89. The van der Waals surface area contributed by atoms with Crippen LogP contribution < -0.4 is 10.5 Å². The van der Waals surface area contributed by atoms with E-state index in [0.717, 1.165) is 38.9 Å². The number of piperidine rings is 1. The smallest absolute Gasteiger partial charge is 0.293 e. The summed E-state index contributed by atoms with van der Waals surface area (Å²) in [5.41, 5.74) is -0.0226. The lowest BCUT2D eigenvalue weighted by molar-refractivity contribution is -0.121. The first-order chi connectivity index (χ1) is 9.13. The molecule has 0 N–H and O–H groups in total. The van der Waals surface area contributed by atoms with E-state index in [1.54, 1.807) is 23.9 Å². The van der Waals surface area contributed by atoms with Crippen LogP contribution in [0.2, 0.25) is 0 Å². The van der Waals surface area contributed by atoms with E-state index in [4.69, 9.17) is 0 Å². The van der Waals surface area contributed by atoms with Gasteiger partial charge in [0.25, 0.3) is 5.56 Å². The van der Waals surface area contributed by atoms with Crippen LogP contribution in [0.3, 0.4) is 0 Å². The van der Waals surface area contributed by atoms with Crippen molar-refractivity contribution < 1.29 is 4.79 Å². The largest absolute Gasteiger partial charge is 0.352 e. The van der Waals surface area contributed by atoms with Gasteiger partial charge in [-0.25, -0.2) is 4.98 Å². The highest BCUT2D eigenvalue weighted by atomic mass is 16.1. The quantitative estimate of drug-likeness (QED) is 0.825. The Morgan fingerprint density at radius 3 is 2.68 bits per heavy atom. The molecule has 0 radical (unpaired) electrons. The Kier molecular flexibility index (Phi) is 4.35. The van der Waals surface area contributed by atoms with Gasteiger partial charge < -0.3 is 9.47 Å². The highest BCUT2D eigenvalue weighted by Gasteiger charge is 2.24. The third-order valence-corrected chi connectivity index (χ3v) is 3.73. The van der Waals surface area contributed by atoms with Crippen LogP contribution in [0.5, 0.6) is 0 Å². The first-order valence-corrected chi connectivity index (χ1v) is 6.94. The lowest BCUT2D eigenvalue weighted by Crippen LogP contribution is -2.40. The molecule has 1 aromatic rings. The van der Waals surface area contributed by atoms with E-state index in [2.05, 4.69) is 4.98 Å². The number of hydrogen-bond donors (Lipinski definition) is 0. The predicted octanol–water partition coefficient (Wildman–Crippen LogP) is 1.46. The lowest BCUT2D eigenvalue weighted by Gasteiger charge is -2.31. The van der Waals surface area contributed by atoms with Gasteiger partial charge in [0.15, 0.2) is 5.82 Å². The molecule has 5 heteroatoms. The number of anilines is 1. The number of Topliss-reactive ketones (excluding diaryl/α,β-unsaturated/α-hetero) is 1. The maximum absolute atomic E-state index is 12.3. The zero-order valence-electron chi connectivity index (χ0n) is 11.6. The minimum Gasteiger partial charge on any atom is -0.352 e. The van der Waals surface area contributed by atoms with Crippen molar-refractivity contribution >= 4 is 11.6 Å². The summed E-state index contributed by atoms with van der Waals surface area (Å²) in [6, 6.07) is 0. The second kappa shape index (κ2) is 5.99. The highest BCUT2D eigenvalue weighted by molar-refractivity contribution is 5.78. The summed E-state index contributed by atoms with van der Waals surface area (Å²) in [4.78, 5) is 29.8. The third kappa shape index (κ3) is 3.03. The molecular formula is C14H21N3O2.